The summed E-state index contributed by atoms with van der Waals surface area (Å²) in [5.74, 6) is 0. The molecule has 2 heteroatoms. The lowest BCUT2D eigenvalue weighted by molar-refractivity contribution is 0.327. The third-order valence-corrected chi connectivity index (χ3v) is 4.86. The van der Waals surface area contributed by atoms with Gasteiger partial charge < -0.3 is 4.90 Å². The summed E-state index contributed by atoms with van der Waals surface area (Å²) in [7, 11) is 2.11. The fraction of sp³-hybridized carbons (Fsp3) is 0.333. The predicted molar refractivity (Wildman–Crippen MR) is 98.5 cm³/mol. The van der Waals surface area contributed by atoms with Crippen LogP contribution in [0.25, 0.3) is 11.1 Å². The summed E-state index contributed by atoms with van der Waals surface area (Å²) in [5.41, 5.74) is 9.23. The molecular formula is C21H26N2. The van der Waals surface area contributed by atoms with E-state index in [4.69, 9.17) is 0 Å². The summed E-state index contributed by atoms with van der Waals surface area (Å²) >= 11 is 0. The van der Waals surface area contributed by atoms with Crippen molar-refractivity contribution in [2.45, 2.75) is 33.4 Å². The molecular weight excluding hydrogens is 280 g/mol. The van der Waals surface area contributed by atoms with Gasteiger partial charge in [-0.25, -0.2) is 0 Å². The molecule has 1 N–H and O–H groups in total. The highest BCUT2D eigenvalue weighted by Crippen LogP contribution is 2.29. The SMILES string of the molecule is C=C1CN[C@H](Cc2ccc(-c3c(C)cc(C)cc3C)cc2)N1C. The molecule has 1 fully saturated rings. The molecule has 1 atom stereocenters. The molecule has 0 aromatic heterocycles. The zero-order valence-electron chi connectivity index (χ0n) is 14.6. The van der Waals surface area contributed by atoms with Gasteiger partial charge in [0.25, 0.3) is 0 Å². The van der Waals surface area contributed by atoms with Crippen LogP contribution in [-0.4, -0.2) is 24.7 Å². The van der Waals surface area contributed by atoms with Gasteiger partial charge in [-0.05, 0) is 48.6 Å². The molecule has 1 aliphatic heterocycles. The van der Waals surface area contributed by atoms with Crippen molar-refractivity contribution in [2.75, 3.05) is 13.6 Å². The maximum Gasteiger partial charge on any atom is 0.0833 e. The first-order chi connectivity index (χ1) is 11.0. The predicted octanol–water partition coefficient (Wildman–Crippen LogP) is 4.20. The van der Waals surface area contributed by atoms with Gasteiger partial charge in [-0.1, -0.05) is 48.5 Å². The minimum atomic E-state index is 0.358. The molecule has 2 aromatic carbocycles. The summed E-state index contributed by atoms with van der Waals surface area (Å²) in [5, 5.41) is 3.50. The lowest BCUT2D eigenvalue weighted by Gasteiger charge is -2.22. The molecule has 0 radical (unpaired) electrons. The Kier molecular flexibility index (Phi) is 4.27. The normalized spacial score (nSPS) is 17.8. The first-order valence-corrected chi connectivity index (χ1v) is 8.27. The van der Waals surface area contributed by atoms with Gasteiger partial charge in [0.1, 0.15) is 0 Å². The Bertz CT molecular complexity index is 705. The Morgan fingerprint density at radius 1 is 1.09 bits per heavy atom. The number of hydrogen-bond acceptors (Lipinski definition) is 2. The van der Waals surface area contributed by atoms with Gasteiger partial charge in [0.05, 0.1) is 6.17 Å². The minimum Gasteiger partial charge on any atom is -0.361 e. The van der Waals surface area contributed by atoms with Crippen LogP contribution in [0.1, 0.15) is 22.3 Å². The highest BCUT2D eigenvalue weighted by atomic mass is 15.3. The molecule has 23 heavy (non-hydrogen) atoms. The average Bonchev–Trinajstić information content (AvgIpc) is 2.80. The average molecular weight is 306 g/mol. The third-order valence-electron chi connectivity index (χ3n) is 4.86. The second-order valence-corrected chi connectivity index (χ2v) is 6.75. The standard InChI is InChI=1S/C21H26N2/c1-14-10-15(2)21(16(3)11-14)19-8-6-18(7-9-19)12-20-22-13-17(4)23(20)5/h6-11,20,22H,4,12-13H2,1-3,5H3/t20-/m0/s1. The molecule has 0 spiro atoms. The molecule has 120 valence electrons. The van der Waals surface area contributed by atoms with Gasteiger partial charge in [0.15, 0.2) is 0 Å². The minimum absolute atomic E-state index is 0.358. The zero-order chi connectivity index (χ0) is 16.6. The highest BCUT2D eigenvalue weighted by Gasteiger charge is 2.22. The van der Waals surface area contributed by atoms with Crippen LogP contribution in [0.3, 0.4) is 0 Å². The van der Waals surface area contributed by atoms with Crippen LogP contribution >= 0.6 is 0 Å². The van der Waals surface area contributed by atoms with E-state index in [1.807, 2.05) is 0 Å². The van der Waals surface area contributed by atoms with Gasteiger partial charge in [-0.3, -0.25) is 5.32 Å². The number of aryl methyl sites for hydroxylation is 3. The van der Waals surface area contributed by atoms with Crippen LogP contribution < -0.4 is 5.32 Å². The second kappa shape index (κ2) is 6.21. The molecule has 0 bridgehead atoms. The van der Waals surface area contributed by atoms with E-state index >= 15 is 0 Å². The number of hydrogen-bond donors (Lipinski definition) is 1. The van der Waals surface area contributed by atoms with Crippen LogP contribution in [0.15, 0.2) is 48.7 Å². The van der Waals surface area contributed by atoms with E-state index in [-0.39, 0.29) is 0 Å². The molecule has 2 aromatic rings. The molecule has 3 rings (SSSR count). The second-order valence-electron chi connectivity index (χ2n) is 6.75. The maximum absolute atomic E-state index is 4.07. The van der Waals surface area contributed by atoms with E-state index in [1.165, 1.54) is 33.4 Å². The lowest BCUT2D eigenvalue weighted by atomic mass is 9.93. The fourth-order valence-electron chi connectivity index (χ4n) is 3.59. The molecule has 2 nitrogen and oxygen atoms in total. The Morgan fingerprint density at radius 2 is 1.70 bits per heavy atom. The van der Waals surface area contributed by atoms with Crippen LogP contribution in [0.2, 0.25) is 0 Å². The third kappa shape index (κ3) is 3.18. The largest absolute Gasteiger partial charge is 0.361 e. The van der Waals surface area contributed by atoms with Crippen molar-refractivity contribution in [3.63, 3.8) is 0 Å². The van der Waals surface area contributed by atoms with E-state index in [0.717, 1.165) is 18.7 Å². The van der Waals surface area contributed by atoms with Crippen LogP contribution in [0, 0.1) is 20.8 Å². The van der Waals surface area contributed by atoms with E-state index in [9.17, 15) is 0 Å². The van der Waals surface area contributed by atoms with Gasteiger partial charge in [-0.2, -0.15) is 0 Å². The van der Waals surface area contributed by atoms with Crippen molar-refractivity contribution in [3.05, 3.63) is 70.9 Å². The zero-order valence-corrected chi connectivity index (χ0v) is 14.6. The van der Waals surface area contributed by atoms with E-state index in [0.29, 0.717) is 6.17 Å². The van der Waals surface area contributed by atoms with Crippen LogP contribution in [0.5, 0.6) is 0 Å². The van der Waals surface area contributed by atoms with Crippen molar-refractivity contribution >= 4 is 0 Å². The van der Waals surface area contributed by atoms with Crippen molar-refractivity contribution in [1.29, 1.82) is 0 Å². The summed E-state index contributed by atoms with van der Waals surface area (Å²) in [6.07, 6.45) is 1.36. The summed E-state index contributed by atoms with van der Waals surface area (Å²) in [4.78, 5) is 2.24. The first kappa shape index (κ1) is 15.8. The van der Waals surface area contributed by atoms with E-state index in [1.54, 1.807) is 0 Å². The fourth-order valence-corrected chi connectivity index (χ4v) is 3.59. The van der Waals surface area contributed by atoms with Gasteiger partial charge in [-0.15, -0.1) is 0 Å². The molecule has 1 saturated heterocycles. The van der Waals surface area contributed by atoms with Crippen molar-refractivity contribution in [1.82, 2.24) is 10.2 Å². The van der Waals surface area contributed by atoms with Crippen LogP contribution in [-0.2, 0) is 6.42 Å². The topological polar surface area (TPSA) is 15.3 Å². The highest BCUT2D eigenvalue weighted by molar-refractivity contribution is 5.71. The molecule has 0 saturated carbocycles. The Labute approximate surface area is 139 Å². The number of nitrogens with one attached hydrogen (secondary N) is 1. The van der Waals surface area contributed by atoms with Gasteiger partial charge in [0.2, 0.25) is 0 Å². The number of rotatable bonds is 3. The van der Waals surface area contributed by atoms with Gasteiger partial charge in [0, 0.05) is 25.7 Å². The number of benzene rings is 2. The van der Waals surface area contributed by atoms with E-state index in [2.05, 4.69) is 81.0 Å². The molecule has 0 amide bonds. The lowest BCUT2D eigenvalue weighted by Crippen LogP contribution is -2.34. The molecule has 0 unspecified atom stereocenters. The van der Waals surface area contributed by atoms with Crippen LogP contribution in [0.4, 0.5) is 0 Å². The summed E-state index contributed by atoms with van der Waals surface area (Å²) < 4.78 is 0. The van der Waals surface area contributed by atoms with E-state index < -0.39 is 0 Å². The van der Waals surface area contributed by atoms with Crippen molar-refractivity contribution in [2.24, 2.45) is 0 Å². The monoisotopic (exact) mass is 306 g/mol. The number of likely N-dealkylation sites (N-methyl/N-ethyl adjacent to an activating group) is 1. The van der Waals surface area contributed by atoms with Crippen molar-refractivity contribution in [3.8, 4) is 11.1 Å². The molecule has 0 aliphatic carbocycles. The number of nitrogens with zero attached hydrogens (tertiary/aromatic N) is 1. The smallest absolute Gasteiger partial charge is 0.0833 e. The Hall–Kier alpha value is -2.06. The summed E-state index contributed by atoms with van der Waals surface area (Å²) in [6.45, 7) is 11.5. The Morgan fingerprint density at radius 3 is 2.22 bits per heavy atom. The summed E-state index contributed by atoms with van der Waals surface area (Å²) in [6, 6.07) is 13.5. The van der Waals surface area contributed by atoms with Gasteiger partial charge >= 0.3 is 0 Å². The molecule has 1 aliphatic rings. The Balaban J connectivity index is 1.82. The first-order valence-electron chi connectivity index (χ1n) is 8.27. The maximum atomic E-state index is 4.07. The van der Waals surface area contributed by atoms with Crippen molar-refractivity contribution < 1.29 is 0 Å². The molecule has 1 heterocycles. The quantitative estimate of drug-likeness (QED) is 0.914.